The number of nitrogens with zero attached hydrogens (tertiary/aromatic N) is 1. The van der Waals surface area contributed by atoms with Crippen molar-refractivity contribution in [2.24, 2.45) is 11.8 Å². The number of allylic oxidation sites excluding steroid dienone is 2. The Labute approximate surface area is 182 Å². The highest BCUT2D eigenvalue weighted by molar-refractivity contribution is 6.22. The van der Waals surface area contributed by atoms with Crippen molar-refractivity contribution in [3.63, 3.8) is 0 Å². The molecule has 1 saturated heterocycles. The van der Waals surface area contributed by atoms with Crippen LogP contribution in [0.2, 0.25) is 0 Å². The van der Waals surface area contributed by atoms with Crippen LogP contribution in [0.25, 0.3) is 0 Å². The lowest BCUT2D eigenvalue weighted by Crippen LogP contribution is -2.31. The summed E-state index contributed by atoms with van der Waals surface area (Å²) < 4.78 is 5.53. The minimum absolute atomic E-state index is 0.0539. The van der Waals surface area contributed by atoms with Crippen molar-refractivity contribution in [1.82, 2.24) is 0 Å². The smallest absolute Gasteiger partial charge is 0.343 e. The van der Waals surface area contributed by atoms with E-state index in [9.17, 15) is 14.4 Å². The number of carbonyl (C=O) groups is 3. The van der Waals surface area contributed by atoms with Crippen LogP contribution in [0.1, 0.15) is 56.0 Å². The normalized spacial score (nSPS) is 20.7. The SMILES string of the molecule is CCC(C)(C)c1ccc(OC(=O)c2cccc(N3C(=O)C4CC=CCC4C3=O)c2)cc1. The molecule has 2 amide bonds. The number of hydrogen-bond donors (Lipinski definition) is 0. The third kappa shape index (κ3) is 3.92. The van der Waals surface area contributed by atoms with E-state index in [0.717, 1.165) is 6.42 Å². The molecule has 160 valence electrons. The highest BCUT2D eigenvalue weighted by atomic mass is 16.5. The molecule has 1 fully saturated rings. The van der Waals surface area contributed by atoms with E-state index in [1.165, 1.54) is 10.5 Å². The number of benzene rings is 2. The summed E-state index contributed by atoms with van der Waals surface area (Å²) in [6.45, 7) is 6.49. The molecule has 2 aromatic carbocycles. The predicted octanol–water partition coefficient (Wildman–Crippen LogP) is 5.05. The first-order valence-corrected chi connectivity index (χ1v) is 10.8. The van der Waals surface area contributed by atoms with Crippen molar-refractivity contribution in [3.05, 3.63) is 71.8 Å². The van der Waals surface area contributed by atoms with Gasteiger partial charge in [0.1, 0.15) is 5.75 Å². The lowest BCUT2D eigenvalue weighted by molar-refractivity contribution is -0.122. The van der Waals surface area contributed by atoms with Gasteiger partial charge in [-0.1, -0.05) is 51.1 Å². The maximum Gasteiger partial charge on any atom is 0.343 e. The van der Waals surface area contributed by atoms with Gasteiger partial charge in [-0.3, -0.25) is 14.5 Å². The van der Waals surface area contributed by atoms with E-state index < -0.39 is 5.97 Å². The largest absolute Gasteiger partial charge is 0.423 e. The average Bonchev–Trinajstić information content (AvgIpc) is 3.04. The van der Waals surface area contributed by atoms with Crippen LogP contribution in [-0.4, -0.2) is 17.8 Å². The quantitative estimate of drug-likeness (QED) is 0.296. The second-order valence-corrected chi connectivity index (χ2v) is 8.87. The van der Waals surface area contributed by atoms with Crippen molar-refractivity contribution in [2.75, 3.05) is 4.90 Å². The Balaban J connectivity index is 1.51. The maximum atomic E-state index is 12.8. The number of anilines is 1. The summed E-state index contributed by atoms with van der Waals surface area (Å²) in [6.07, 6.45) is 6.08. The molecule has 1 heterocycles. The predicted molar refractivity (Wildman–Crippen MR) is 119 cm³/mol. The van der Waals surface area contributed by atoms with Gasteiger partial charge >= 0.3 is 5.97 Å². The van der Waals surface area contributed by atoms with Gasteiger partial charge in [-0.2, -0.15) is 0 Å². The molecule has 31 heavy (non-hydrogen) atoms. The number of carbonyl (C=O) groups excluding carboxylic acids is 3. The van der Waals surface area contributed by atoms with Gasteiger partial charge in [-0.15, -0.1) is 0 Å². The minimum Gasteiger partial charge on any atom is -0.423 e. The van der Waals surface area contributed by atoms with Gasteiger partial charge in [0.25, 0.3) is 0 Å². The Morgan fingerprint density at radius 2 is 1.61 bits per heavy atom. The standard InChI is InChI=1S/C26H27NO4/c1-4-26(2,3)18-12-14-20(15-13-18)31-25(30)17-8-7-9-19(16-17)27-23(28)21-10-5-6-11-22(21)24(27)29/h5-9,12-16,21-22H,4,10-11H2,1-3H3. The molecule has 0 N–H and O–H groups in total. The average molecular weight is 418 g/mol. The van der Waals surface area contributed by atoms with Crippen LogP contribution >= 0.6 is 0 Å². The van der Waals surface area contributed by atoms with Gasteiger partial charge in [0.05, 0.1) is 23.1 Å². The number of esters is 1. The van der Waals surface area contributed by atoms with Crippen LogP contribution in [0.15, 0.2) is 60.7 Å². The number of hydrogen-bond acceptors (Lipinski definition) is 4. The Morgan fingerprint density at radius 3 is 2.19 bits per heavy atom. The van der Waals surface area contributed by atoms with Crippen LogP contribution in [-0.2, 0) is 15.0 Å². The third-order valence-electron chi connectivity index (χ3n) is 6.58. The fraction of sp³-hybridized carbons (Fsp3) is 0.346. The van der Waals surface area contributed by atoms with E-state index in [0.29, 0.717) is 29.8 Å². The van der Waals surface area contributed by atoms with Crippen molar-refractivity contribution in [1.29, 1.82) is 0 Å². The van der Waals surface area contributed by atoms with Gasteiger partial charge in [0.15, 0.2) is 0 Å². The van der Waals surface area contributed by atoms with Gasteiger partial charge < -0.3 is 4.74 Å². The number of imide groups is 1. The Morgan fingerprint density at radius 1 is 1.00 bits per heavy atom. The lowest BCUT2D eigenvalue weighted by atomic mass is 9.82. The van der Waals surface area contributed by atoms with Crippen LogP contribution < -0.4 is 9.64 Å². The second kappa shape index (κ2) is 8.14. The minimum atomic E-state index is -0.525. The molecule has 0 radical (unpaired) electrons. The molecule has 0 saturated carbocycles. The molecule has 1 aliphatic carbocycles. The first-order valence-electron chi connectivity index (χ1n) is 10.8. The molecule has 2 unspecified atom stereocenters. The summed E-state index contributed by atoms with van der Waals surface area (Å²) in [4.78, 5) is 39.6. The Bertz CT molecular complexity index is 1030. The highest BCUT2D eigenvalue weighted by Crippen LogP contribution is 2.38. The van der Waals surface area contributed by atoms with E-state index in [-0.39, 0.29) is 29.1 Å². The maximum absolute atomic E-state index is 12.8. The van der Waals surface area contributed by atoms with Gasteiger partial charge in [0, 0.05) is 0 Å². The topological polar surface area (TPSA) is 63.7 Å². The summed E-state index contributed by atoms with van der Waals surface area (Å²) in [5.74, 6) is -1.07. The molecule has 5 heteroatoms. The van der Waals surface area contributed by atoms with E-state index >= 15 is 0 Å². The van der Waals surface area contributed by atoms with Gasteiger partial charge in [0.2, 0.25) is 11.8 Å². The molecule has 1 aliphatic heterocycles. The molecule has 5 nitrogen and oxygen atoms in total. The highest BCUT2D eigenvalue weighted by Gasteiger charge is 2.47. The molecule has 0 spiro atoms. The summed E-state index contributed by atoms with van der Waals surface area (Å²) in [5, 5.41) is 0. The Kier molecular flexibility index (Phi) is 5.52. The van der Waals surface area contributed by atoms with Crippen molar-refractivity contribution >= 4 is 23.5 Å². The van der Waals surface area contributed by atoms with Crippen LogP contribution in [0, 0.1) is 11.8 Å². The second-order valence-electron chi connectivity index (χ2n) is 8.87. The van der Waals surface area contributed by atoms with Gasteiger partial charge in [-0.05, 0) is 60.6 Å². The molecule has 2 atom stereocenters. The molecule has 2 aliphatic rings. The van der Waals surface area contributed by atoms with E-state index in [4.69, 9.17) is 4.74 Å². The van der Waals surface area contributed by atoms with Crippen LogP contribution in [0.4, 0.5) is 5.69 Å². The molecule has 0 aromatic heterocycles. The molecular formula is C26H27NO4. The number of rotatable bonds is 5. The number of ether oxygens (including phenoxy) is 1. The van der Waals surface area contributed by atoms with Crippen LogP contribution in [0.3, 0.4) is 0 Å². The monoisotopic (exact) mass is 417 g/mol. The molecule has 0 bridgehead atoms. The molecule has 4 rings (SSSR count). The fourth-order valence-electron chi connectivity index (χ4n) is 4.17. The van der Waals surface area contributed by atoms with Crippen molar-refractivity contribution in [2.45, 2.75) is 45.4 Å². The van der Waals surface area contributed by atoms with E-state index in [1.807, 2.05) is 24.3 Å². The summed E-state index contributed by atoms with van der Waals surface area (Å²) in [7, 11) is 0. The first-order chi connectivity index (χ1) is 14.8. The summed E-state index contributed by atoms with van der Waals surface area (Å²) in [6, 6.07) is 14.1. The molecule has 2 aromatic rings. The van der Waals surface area contributed by atoms with Crippen molar-refractivity contribution < 1.29 is 19.1 Å². The zero-order valence-electron chi connectivity index (χ0n) is 18.1. The summed E-state index contributed by atoms with van der Waals surface area (Å²) in [5.41, 5.74) is 1.94. The zero-order valence-corrected chi connectivity index (χ0v) is 18.1. The number of fused-ring (bicyclic) bond motifs is 1. The van der Waals surface area contributed by atoms with E-state index in [2.05, 4.69) is 20.8 Å². The van der Waals surface area contributed by atoms with E-state index in [1.54, 1.807) is 36.4 Å². The first kappa shape index (κ1) is 21.0. The zero-order chi connectivity index (χ0) is 22.2. The fourth-order valence-corrected chi connectivity index (χ4v) is 4.17. The number of amides is 2. The van der Waals surface area contributed by atoms with Gasteiger partial charge in [-0.25, -0.2) is 4.79 Å². The molecular weight excluding hydrogens is 390 g/mol. The summed E-state index contributed by atoms with van der Waals surface area (Å²) >= 11 is 0. The lowest BCUT2D eigenvalue weighted by Gasteiger charge is -2.23. The van der Waals surface area contributed by atoms with Crippen LogP contribution in [0.5, 0.6) is 5.75 Å². The third-order valence-corrected chi connectivity index (χ3v) is 6.58. The Hall–Kier alpha value is -3.21. The van der Waals surface area contributed by atoms with Crippen molar-refractivity contribution in [3.8, 4) is 5.75 Å².